The van der Waals surface area contributed by atoms with Gasteiger partial charge in [0, 0.05) is 18.5 Å². The second kappa shape index (κ2) is 5.71. The first kappa shape index (κ1) is 12.7. The number of methoxy groups -OCH3 is 1. The number of aromatic nitrogens is 4. The number of carbonyl (C=O) groups excluding carboxylic acids is 1. The van der Waals surface area contributed by atoms with Crippen molar-refractivity contribution in [3.8, 4) is 5.88 Å². The van der Waals surface area contributed by atoms with Crippen LogP contribution in [0.3, 0.4) is 0 Å². The van der Waals surface area contributed by atoms with Gasteiger partial charge in [-0.05, 0) is 6.92 Å². The van der Waals surface area contributed by atoms with Crippen LogP contribution in [0.15, 0.2) is 24.7 Å². The van der Waals surface area contributed by atoms with Crippen molar-refractivity contribution in [3.63, 3.8) is 0 Å². The van der Waals surface area contributed by atoms with Crippen molar-refractivity contribution in [1.29, 1.82) is 0 Å². The molecule has 19 heavy (non-hydrogen) atoms. The lowest BCUT2D eigenvalue weighted by Crippen LogP contribution is -2.31. The second-order valence-corrected chi connectivity index (χ2v) is 3.54. The highest BCUT2D eigenvalue weighted by Crippen LogP contribution is 2.06. The third kappa shape index (κ3) is 3.35. The first-order chi connectivity index (χ1) is 9.19. The van der Waals surface area contributed by atoms with Gasteiger partial charge in [-0.25, -0.2) is 9.97 Å². The van der Waals surface area contributed by atoms with E-state index in [0.717, 1.165) is 5.69 Å². The Balaban J connectivity index is 1.98. The minimum atomic E-state index is -0.432. The third-order valence-electron chi connectivity index (χ3n) is 2.14. The summed E-state index contributed by atoms with van der Waals surface area (Å²) in [5.41, 5.74) is 5.91. The molecule has 2 aromatic rings. The highest BCUT2D eigenvalue weighted by atomic mass is 16.5. The standard InChI is InChI=1S/C11H12N6O2/c1-7-5-14-8(6-13-7)10(18)16-17-11-12-4-3-9(15-11)19-2/h3-6H,1-2H3,(H,16,18)(H,12,15,17). The molecule has 0 aliphatic heterocycles. The van der Waals surface area contributed by atoms with E-state index in [4.69, 9.17) is 4.74 Å². The number of rotatable bonds is 4. The first-order valence-electron chi connectivity index (χ1n) is 5.41. The molecule has 2 rings (SSSR count). The number of nitrogens with zero attached hydrogens (tertiary/aromatic N) is 4. The normalized spacial score (nSPS) is 9.79. The minimum Gasteiger partial charge on any atom is -0.481 e. The SMILES string of the molecule is COc1ccnc(NNC(=O)c2cnc(C)cn2)n1. The Kier molecular flexibility index (Phi) is 3.81. The molecule has 0 aromatic carbocycles. The second-order valence-electron chi connectivity index (χ2n) is 3.54. The average molecular weight is 260 g/mol. The largest absolute Gasteiger partial charge is 0.481 e. The lowest BCUT2D eigenvalue weighted by molar-refractivity contribution is 0.0957. The number of hydrogen-bond donors (Lipinski definition) is 2. The number of anilines is 1. The van der Waals surface area contributed by atoms with E-state index in [0.29, 0.717) is 5.88 Å². The molecule has 0 spiro atoms. The first-order valence-corrected chi connectivity index (χ1v) is 5.41. The van der Waals surface area contributed by atoms with Gasteiger partial charge in [0.15, 0.2) is 0 Å². The van der Waals surface area contributed by atoms with Gasteiger partial charge in [0.1, 0.15) is 5.69 Å². The van der Waals surface area contributed by atoms with Crippen LogP contribution in [0.2, 0.25) is 0 Å². The van der Waals surface area contributed by atoms with E-state index in [1.807, 2.05) is 0 Å². The van der Waals surface area contributed by atoms with Crippen LogP contribution in [0.5, 0.6) is 5.88 Å². The molecule has 2 aromatic heterocycles. The average Bonchev–Trinajstić information content (AvgIpc) is 2.46. The summed E-state index contributed by atoms with van der Waals surface area (Å²) >= 11 is 0. The number of carbonyl (C=O) groups is 1. The van der Waals surface area contributed by atoms with Gasteiger partial charge in [-0.3, -0.25) is 20.6 Å². The van der Waals surface area contributed by atoms with Crippen molar-refractivity contribution >= 4 is 11.9 Å². The van der Waals surface area contributed by atoms with Crippen LogP contribution in [0, 0.1) is 6.92 Å². The van der Waals surface area contributed by atoms with Gasteiger partial charge in [0.25, 0.3) is 5.91 Å². The summed E-state index contributed by atoms with van der Waals surface area (Å²) in [4.78, 5) is 27.5. The van der Waals surface area contributed by atoms with Crippen molar-refractivity contribution < 1.29 is 9.53 Å². The van der Waals surface area contributed by atoms with Crippen molar-refractivity contribution in [2.75, 3.05) is 12.5 Å². The van der Waals surface area contributed by atoms with Crippen LogP contribution in [-0.2, 0) is 0 Å². The quantitative estimate of drug-likeness (QED) is 0.764. The molecule has 1 amide bonds. The number of aryl methyl sites for hydroxylation is 1. The van der Waals surface area contributed by atoms with E-state index in [9.17, 15) is 4.79 Å². The Morgan fingerprint density at radius 3 is 2.79 bits per heavy atom. The van der Waals surface area contributed by atoms with E-state index >= 15 is 0 Å². The van der Waals surface area contributed by atoms with Crippen LogP contribution >= 0.6 is 0 Å². The minimum absolute atomic E-state index is 0.195. The molecule has 2 N–H and O–H groups in total. The maximum atomic E-state index is 11.7. The smallest absolute Gasteiger partial charge is 0.289 e. The molecule has 0 saturated carbocycles. The van der Waals surface area contributed by atoms with Gasteiger partial charge in [-0.1, -0.05) is 0 Å². The maximum Gasteiger partial charge on any atom is 0.289 e. The molecule has 0 bridgehead atoms. The lowest BCUT2D eigenvalue weighted by atomic mass is 10.4. The Bertz CT molecular complexity index is 572. The van der Waals surface area contributed by atoms with Gasteiger partial charge < -0.3 is 4.74 Å². The predicted octanol–water partition coefficient (Wildman–Crippen LogP) is 0.341. The van der Waals surface area contributed by atoms with E-state index in [1.54, 1.807) is 13.0 Å². The summed E-state index contributed by atoms with van der Waals surface area (Å²) in [6.07, 6.45) is 4.40. The Morgan fingerprint density at radius 2 is 2.11 bits per heavy atom. The summed E-state index contributed by atoms with van der Waals surface area (Å²) in [7, 11) is 1.49. The molecule has 98 valence electrons. The van der Waals surface area contributed by atoms with Crippen LogP contribution in [0.4, 0.5) is 5.95 Å². The van der Waals surface area contributed by atoms with Crippen molar-refractivity contribution in [2.45, 2.75) is 6.92 Å². The molecule has 8 nitrogen and oxygen atoms in total. The fourth-order valence-electron chi connectivity index (χ4n) is 1.20. The van der Waals surface area contributed by atoms with Crippen molar-refractivity contribution in [3.05, 3.63) is 36.0 Å². The molecular weight excluding hydrogens is 248 g/mol. The number of amides is 1. The van der Waals surface area contributed by atoms with Gasteiger partial charge >= 0.3 is 0 Å². The predicted molar refractivity (Wildman–Crippen MR) is 66.4 cm³/mol. The van der Waals surface area contributed by atoms with Gasteiger partial charge in [-0.2, -0.15) is 4.98 Å². The lowest BCUT2D eigenvalue weighted by Gasteiger charge is -2.07. The highest BCUT2D eigenvalue weighted by molar-refractivity contribution is 5.92. The van der Waals surface area contributed by atoms with Crippen LogP contribution < -0.4 is 15.6 Å². The molecule has 0 radical (unpaired) electrons. The fraction of sp³-hybridized carbons (Fsp3) is 0.182. The van der Waals surface area contributed by atoms with Crippen molar-refractivity contribution in [2.24, 2.45) is 0 Å². The van der Waals surface area contributed by atoms with E-state index in [1.165, 1.54) is 25.7 Å². The zero-order chi connectivity index (χ0) is 13.7. The van der Waals surface area contributed by atoms with E-state index < -0.39 is 5.91 Å². The third-order valence-corrected chi connectivity index (χ3v) is 2.14. The molecule has 8 heteroatoms. The fourth-order valence-corrected chi connectivity index (χ4v) is 1.20. The topological polar surface area (TPSA) is 102 Å². The Hall–Kier alpha value is -2.77. The summed E-state index contributed by atoms with van der Waals surface area (Å²) < 4.78 is 4.93. The molecule has 0 unspecified atom stereocenters. The maximum absolute atomic E-state index is 11.7. The Labute approximate surface area is 109 Å². The van der Waals surface area contributed by atoms with Gasteiger partial charge in [0.2, 0.25) is 11.8 Å². The molecule has 0 aliphatic carbocycles. The zero-order valence-electron chi connectivity index (χ0n) is 10.4. The van der Waals surface area contributed by atoms with Crippen LogP contribution in [0.1, 0.15) is 16.2 Å². The molecule has 0 aliphatic rings. The summed E-state index contributed by atoms with van der Waals surface area (Å²) in [6.45, 7) is 1.79. The van der Waals surface area contributed by atoms with E-state index in [2.05, 4.69) is 30.8 Å². The van der Waals surface area contributed by atoms with E-state index in [-0.39, 0.29) is 11.6 Å². The molecular formula is C11H12N6O2. The molecule has 0 fully saturated rings. The number of nitrogens with one attached hydrogen (secondary N) is 2. The molecule has 2 heterocycles. The number of hydrazine groups is 1. The van der Waals surface area contributed by atoms with Crippen LogP contribution in [-0.4, -0.2) is 33.0 Å². The summed E-state index contributed by atoms with van der Waals surface area (Å²) in [5.74, 6) is 0.175. The number of hydrogen-bond acceptors (Lipinski definition) is 7. The highest BCUT2D eigenvalue weighted by Gasteiger charge is 2.07. The Morgan fingerprint density at radius 1 is 1.26 bits per heavy atom. The number of ether oxygens (including phenoxy) is 1. The molecule has 0 saturated heterocycles. The molecule has 0 atom stereocenters. The van der Waals surface area contributed by atoms with Gasteiger partial charge in [-0.15, -0.1) is 0 Å². The summed E-state index contributed by atoms with van der Waals surface area (Å²) in [5, 5.41) is 0. The van der Waals surface area contributed by atoms with Gasteiger partial charge in [0.05, 0.1) is 19.0 Å². The summed E-state index contributed by atoms with van der Waals surface area (Å²) in [6, 6.07) is 1.60. The van der Waals surface area contributed by atoms with Crippen molar-refractivity contribution in [1.82, 2.24) is 25.4 Å². The van der Waals surface area contributed by atoms with Crippen LogP contribution in [0.25, 0.3) is 0 Å². The monoisotopic (exact) mass is 260 g/mol. The zero-order valence-corrected chi connectivity index (χ0v) is 10.4.